The lowest BCUT2D eigenvalue weighted by molar-refractivity contribution is -0.174. The van der Waals surface area contributed by atoms with Gasteiger partial charge in [-0.15, -0.1) is 0 Å². The highest BCUT2D eigenvalue weighted by atomic mass is 16.6. The fourth-order valence-electron chi connectivity index (χ4n) is 2.70. The van der Waals surface area contributed by atoms with Gasteiger partial charge in [0, 0.05) is 11.1 Å². The second-order valence-corrected chi connectivity index (χ2v) is 6.39. The van der Waals surface area contributed by atoms with Crippen LogP contribution < -0.4 is 0 Å². The lowest BCUT2D eigenvalue weighted by Crippen LogP contribution is -2.38. The highest BCUT2D eigenvalue weighted by Gasteiger charge is 2.31. The molecule has 26 heavy (non-hydrogen) atoms. The van der Waals surface area contributed by atoms with Gasteiger partial charge in [-0.3, -0.25) is 4.79 Å². The highest BCUT2D eigenvalue weighted by Crippen LogP contribution is 2.24. The zero-order valence-electron chi connectivity index (χ0n) is 14.9. The largest absolute Gasteiger partial charge is 0.447 e. The lowest BCUT2D eigenvalue weighted by Gasteiger charge is -2.24. The van der Waals surface area contributed by atoms with Crippen LogP contribution in [0, 0.1) is 13.8 Å². The van der Waals surface area contributed by atoms with Crippen molar-refractivity contribution in [3.05, 3.63) is 70.8 Å². The highest BCUT2D eigenvalue weighted by molar-refractivity contribution is 6.01. The smallest absolute Gasteiger partial charge is 0.338 e. The molecule has 0 spiro atoms. The molecule has 0 aliphatic carbocycles. The molecule has 0 bridgehead atoms. The molecule has 2 atom stereocenters. The van der Waals surface area contributed by atoms with Gasteiger partial charge in [-0.25, -0.2) is 4.79 Å². The maximum Gasteiger partial charge on any atom is 0.338 e. The molecular weight excluding hydrogens is 332 g/mol. The van der Waals surface area contributed by atoms with Crippen LogP contribution in [0.2, 0.25) is 0 Å². The summed E-state index contributed by atoms with van der Waals surface area (Å²) < 4.78 is 16.2. The van der Waals surface area contributed by atoms with E-state index < -0.39 is 18.2 Å². The molecule has 2 aromatic rings. The van der Waals surface area contributed by atoms with E-state index >= 15 is 0 Å². The van der Waals surface area contributed by atoms with Gasteiger partial charge in [0.2, 0.25) is 5.78 Å². The summed E-state index contributed by atoms with van der Waals surface area (Å²) in [6.07, 6.45) is -1.82. The zero-order chi connectivity index (χ0) is 18.5. The summed E-state index contributed by atoms with van der Waals surface area (Å²) >= 11 is 0. The monoisotopic (exact) mass is 354 g/mol. The normalized spacial score (nSPS) is 18.2. The quantitative estimate of drug-likeness (QED) is 0.610. The average Bonchev–Trinajstić information content (AvgIpc) is 2.67. The van der Waals surface area contributed by atoms with Gasteiger partial charge in [0.05, 0.1) is 19.8 Å². The molecule has 0 radical (unpaired) electrons. The fourth-order valence-corrected chi connectivity index (χ4v) is 2.70. The van der Waals surface area contributed by atoms with E-state index in [4.69, 9.17) is 14.2 Å². The average molecular weight is 354 g/mol. The van der Waals surface area contributed by atoms with Crippen molar-refractivity contribution in [3.63, 3.8) is 0 Å². The number of hydrogen-bond donors (Lipinski definition) is 0. The van der Waals surface area contributed by atoms with Crippen molar-refractivity contribution in [1.82, 2.24) is 0 Å². The van der Waals surface area contributed by atoms with Crippen LogP contribution in [-0.2, 0) is 19.0 Å². The summed E-state index contributed by atoms with van der Waals surface area (Å²) in [6.45, 7) is 4.83. The Kier molecular flexibility index (Phi) is 5.81. The van der Waals surface area contributed by atoms with Crippen LogP contribution in [0.25, 0.3) is 0 Å². The van der Waals surface area contributed by atoms with Crippen molar-refractivity contribution in [2.24, 2.45) is 0 Å². The summed E-state index contributed by atoms with van der Waals surface area (Å²) in [6, 6.07) is 14.6. The second-order valence-electron chi connectivity index (χ2n) is 6.39. The number of Topliss-reactive ketones (excluding diaryl/α,β-unsaturated/α-hetero) is 1. The number of ketones is 1. The molecular formula is C21H22O5. The number of hydrogen-bond acceptors (Lipinski definition) is 5. The van der Waals surface area contributed by atoms with Crippen LogP contribution >= 0.6 is 0 Å². The fraction of sp³-hybridized carbons (Fsp3) is 0.333. The SMILES string of the molecule is Cc1ccc(C(=O)[C@H](OC(=O)[C@@H]2COCCO2)c2ccc(C)cc2)cc1. The molecule has 136 valence electrons. The molecule has 0 unspecified atom stereocenters. The third kappa shape index (κ3) is 4.36. The van der Waals surface area contributed by atoms with E-state index in [-0.39, 0.29) is 12.4 Å². The van der Waals surface area contributed by atoms with Crippen LogP contribution in [0.1, 0.15) is 33.2 Å². The van der Waals surface area contributed by atoms with E-state index in [1.165, 1.54) is 0 Å². The van der Waals surface area contributed by atoms with E-state index in [0.29, 0.717) is 24.3 Å². The van der Waals surface area contributed by atoms with Gasteiger partial charge < -0.3 is 14.2 Å². The van der Waals surface area contributed by atoms with Gasteiger partial charge >= 0.3 is 5.97 Å². The summed E-state index contributed by atoms with van der Waals surface area (Å²) in [5.41, 5.74) is 3.24. The molecule has 1 aliphatic rings. The molecule has 1 fully saturated rings. The number of rotatable bonds is 5. The van der Waals surface area contributed by atoms with Crippen LogP contribution in [-0.4, -0.2) is 37.7 Å². The van der Waals surface area contributed by atoms with Crippen LogP contribution in [0.15, 0.2) is 48.5 Å². The first-order valence-corrected chi connectivity index (χ1v) is 8.62. The Morgan fingerprint density at radius 2 is 1.58 bits per heavy atom. The molecule has 1 heterocycles. The standard InChI is InChI=1S/C21H22O5/c1-14-3-7-16(8-4-14)19(22)20(17-9-5-15(2)6-10-17)26-21(23)18-13-24-11-12-25-18/h3-10,18,20H,11-13H2,1-2H3/t18-,20+/m0/s1. The topological polar surface area (TPSA) is 61.8 Å². The number of benzene rings is 2. The molecule has 0 amide bonds. The van der Waals surface area contributed by atoms with E-state index in [0.717, 1.165) is 11.1 Å². The number of aryl methyl sites for hydroxylation is 2. The summed E-state index contributed by atoms with van der Waals surface area (Å²) in [5.74, 6) is -0.852. The Bertz CT molecular complexity index is 758. The summed E-state index contributed by atoms with van der Waals surface area (Å²) in [4.78, 5) is 25.5. The molecule has 1 aliphatic heterocycles. The molecule has 0 aromatic heterocycles. The lowest BCUT2D eigenvalue weighted by atomic mass is 9.98. The molecule has 0 N–H and O–H groups in total. The Balaban J connectivity index is 1.85. The van der Waals surface area contributed by atoms with Gasteiger partial charge in [0.15, 0.2) is 12.2 Å². The number of ether oxygens (including phenoxy) is 3. The first-order valence-electron chi connectivity index (χ1n) is 8.62. The van der Waals surface area contributed by atoms with E-state index in [1.54, 1.807) is 24.3 Å². The van der Waals surface area contributed by atoms with Gasteiger partial charge in [0.25, 0.3) is 0 Å². The minimum Gasteiger partial charge on any atom is -0.447 e. The van der Waals surface area contributed by atoms with Crippen LogP contribution in [0.3, 0.4) is 0 Å². The van der Waals surface area contributed by atoms with Crippen molar-refractivity contribution in [1.29, 1.82) is 0 Å². The Morgan fingerprint density at radius 3 is 2.15 bits per heavy atom. The van der Waals surface area contributed by atoms with Gasteiger partial charge in [0.1, 0.15) is 0 Å². The van der Waals surface area contributed by atoms with Gasteiger partial charge in [-0.05, 0) is 13.8 Å². The Morgan fingerprint density at radius 1 is 0.962 bits per heavy atom. The predicted molar refractivity (Wildman–Crippen MR) is 96.1 cm³/mol. The number of carbonyl (C=O) groups is 2. The van der Waals surface area contributed by atoms with Crippen molar-refractivity contribution in [3.8, 4) is 0 Å². The molecule has 5 nitrogen and oxygen atoms in total. The second kappa shape index (κ2) is 8.25. The third-order valence-corrected chi connectivity index (χ3v) is 4.27. The van der Waals surface area contributed by atoms with Crippen molar-refractivity contribution < 1.29 is 23.8 Å². The first kappa shape index (κ1) is 18.3. The molecule has 2 aromatic carbocycles. The predicted octanol–water partition coefficient (Wildman–Crippen LogP) is 3.19. The maximum absolute atomic E-state index is 13.0. The van der Waals surface area contributed by atoms with Crippen molar-refractivity contribution in [2.75, 3.05) is 19.8 Å². The van der Waals surface area contributed by atoms with Crippen LogP contribution in [0.4, 0.5) is 0 Å². The number of esters is 1. The zero-order valence-corrected chi connectivity index (χ0v) is 14.9. The maximum atomic E-state index is 13.0. The summed E-state index contributed by atoms with van der Waals surface area (Å²) in [5, 5.41) is 0. The Labute approximate surface area is 152 Å². The van der Waals surface area contributed by atoms with E-state index in [1.807, 2.05) is 38.1 Å². The van der Waals surface area contributed by atoms with Gasteiger partial charge in [-0.2, -0.15) is 0 Å². The van der Waals surface area contributed by atoms with Crippen LogP contribution in [0.5, 0.6) is 0 Å². The van der Waals surface area contributed by atoms with Crippen molar-refractivity contribution in [2.45, 2.75) is 26.1 Å². The first-order chi connectivity index (χ1) is 12.5. The third-order valence-electron chi connectivity index (χ3n) is 4.27. The van der Waals surface area contributed by atoms with Gasteiger partial charge in [-0.1, -0.05) is 59.7 Å². The van der Waals surface area contributed by atoms with Crippen molar-refractivity contribution >= 4 is 11.8 Å². The molecule has 1 saturated heterocycles. The Hall–Kier alpha value is -2.50. The van der Waals surface area contributed by atoms with E-state index in [2.05, 4.69) is 0 Å². The van der Waals surface area contributed by atoms with E-state index in [9.17, 15) is 9.59 Å². The number of carbonyl (C=O) groups excluding carboxylic acids is 2. The molecule has 0 saturated carbocycles. The minimum absolute atomic E-state index is 0.137. The minimum atomic E-state index is -1.02. The molecule has 5 heteroatoms. The molecule has 3 rings (SSSR count). The summed E-state index contributed by atoms with van der Waals surface area (Å²) in [7, 11) is 0.